The molecule has 3 rings (SSSR count). The van der Waals surface area contributed by atoms with Gasteiger partial charge in [-0.05, 0) is 29.7 Å². The van der Waals surface area contributed by atoms with E-state index in [9.17, 15) is 9.90 Å². The molecule has 0 aliphatic carbocycles. The molecule has 1 N–H and O–H groups in total. The standard InChI is InChI=1S/C16H14O3.K/c1-2-10-7-8-14-12(15(10)16(17)18)9-11-5-3-4-6-13(11)19-14;/h3-8H,2,9H2,1H3,(H,17,18);. The van der Waals surface area contributed by atoms with Gasteiger partial charge in [0.15, 0.2) is 0 Å². The summed E-state index contributed by atoms with van der Waals surface area (Å²) in [5, 5.41) is 9.45. The summed E-state index contributed by atoms with van der Waals surface area (Å²) in [5.41, 5.74) is 3.07. The summed E-state index contributed by atoms with van der Waals surface area (Å²) in [6.07, 6.45) is 1.32. The van der Waals surface area contributed by atoms with Crippen LogP contribution in [-0.4, -0.2) is 62.5 Å². The van der Waals surface area contributed by atoms with E-state index in [1.165, 1.54) is 0 Å². The Bertz CT molecular complexity index is 665. The van der Waals surface area contributed by atoms with Crippen molar-refractivity contribution < 1.29 is 14.6 Å². The number of rotatable bonds is 2. The maximum atomic E-state index is 11.5. The first-order valence-electron chi connectivity index (χ1n) is 6.34. The number of aromatic carboxylic acids is 1. The molecule has 0 atom stereocenters. The molecule has 0 unspecified atom stereocenters. The molecule has 0 fully saturated rings. The van der Waals surface area contributed by atoms with Crippen molar-refractivity contribution in [2.24, 2.45) is 0 Å². The Morgan fingerprint density at radius 1 is 1.20 bits per heavy atom. The number of aryl methyl sites for hydroxylation is 1. The monoisotopic (exact) mass is 293 g/mol. The maximum absolute atomic E-state index is 11.5. The van der Waals surface area contributed by atoms with Gasteiger partial charge in [0.2, 0.25) is 0 Å². The molecule has 97 valence electrons. The Labute approximate surface area is 160 Å². The van der Waals surface area contributed by atoms with Crippen LogP contribution in [0.3, 0.4) is 0 Å². The first-order chi connectivity index (χ1) is 9.20. The number of hydrogen-bond acceptors (Lipinski definition) is 2. The van der Waals surface area contributed by atoms with Gasteiger partial charge in [-0.3, -0.25) is 0 Å². The van der Waals surface area contributed by atoms with Crippen molar-refractivity contribution in [3.63, 3.8) is 0 Å². The van der Waals surface area contributed by atoms with Crippen LogP contribution in [-0.2, 0) is 12.8 Å². The van der Waals surface area contributed by atoms with E-state index in [1.54, 1.807) is 0 Å². The van der Waals surface area contributed by atoms with Gasteiger partial charge in [0.25, 0.3) is 0 Å². The van der Waals surface area contributed by atoms with Crippen LogP contribution < -0.4 is 4.74 Å². The number of hydrogen-bond donors (Lipinski definition) is 1. The molecule has 2 aromatic carbocycles. The van der Waals surface area contributed by atoms with Crippen LogP contribution in [0, 0.1) is 0 Å². The van der Waals surface area contributed by atoms with E-state index in [2.05, 4.69) is 0 Å². The third-order valence-electron chi connectivity index (χ3n) is 3.51. The van der Waals surface area contributed by atoms with Gasteiger partial charge in [-0.15, -0.1) is 0 Å². The topological polar surface area (TPSA) is 46.5 Å². The first-order valence-corrected chi connectivity index (χ1v) is 6.34. The molecule has 0 bridgehead atoms. The van der Waals surface area contributed by atoms with Gasteiger partial charge >= 0.3 is 5.97 Å². The molecule has 0 spiro atoms. The maximum Gasteiger partial charge on any atom is 0.336 e. The quantitative estimate of drug-likeness (QED) is 0.738. The summed E-state index contributed by atoms with van der Waals surface area (Å²) >= 11 is 0. The van der Waals surface area contributed by atoms with Gasteiger partial charge in [0, 0.05) is 63.4 Å². The number of carboxylic acid groups (broad SMARTS) is 1. The molecule has 0 aromatic heterocycles. The van der Waals surface area contributed by atoms with Crippen LogP contribution in [0.25, 0.3) is 0 Å². The second kappa shape index (κ2) is 6.41. The Kier molecular flexibility index (Phi) is 5.04. The predicted molar refractivity (Wildman–Crippen MR) is 77.9 cm³/mol. The Morgan fingerprint density at radius 2 is 1.95 bits per heavy atom. The van der Waals surface area contributed by atoms with Crippen molar-refractivity contribution in [3.05, 3.63) is 58.7 Å². The number of para-hydroxylation sites is 1. The minimum Gasteiger partial charge on any atom is -0.478 e. The molecule has 4 heteroatoms. The molecular formula is C16H14KO3. The van der Waals surface area contributed by atoms with Crippen molar-refractivity contribution in [1.82, 2.24) is 0 Å². The van der Waals surface area contributed by atoms with Crippen molar-refractivity contribution >= 4 is 57.4 Å². The van der Waals surface area contributed by atoms with E-state index in [0.29, 0.717) is 24.2 Å². The fraction of sp³-hybridized carbons (Fsp3) is 0.188. The summed E-state index contributed by atoms with van der Waals surface area (Å²) in [5.74, 6) is 0.598. The molecule has 0 amide bonds. The van der Waals surface area contributed by atoms with E-state index < -0.39 is 5.97 Å². The second-order valence-corrected chi connectivity index (χ2v) is 4.62. The van der Waals surface area contributed by atoms with E-state index in [4.69, 9.17) is 4.74 Å². The molecule has 3 nitrogen and oxygen atoms in total. The number of fused-ring (bicyclic) bond motifs is 2. The average Bonchev–Trinajstić information content (AvgIpc) is 2.43. The summed E-state index contributed by atoms with van der Waals surface area (Å²) in [6, 6.07) is 11.5. The summed E-state index contributed by atoms with van der Waals surface area (Å²) < 4.78 is 5.80. The fourth-order valence-corrected chi connectivity index (χ4v) is 2.57. The molecule has 2 aromatic rings. The summed E-state index contributed by atoms with van der Waals surface area (Å²) in [7, 11) is 0. The van der Waals surface area contributed by atoms with Crippen LogP contribution in [0.4, 0.5) is 0 Å². The minimum atomic E-state index is -0.878. The van der Waals surface area contributed by atoms with Crippen molar-refractivity contribution in [2.45, 2.75) is 19.8 Å². The van der Waals surface area contributed by atoms with Crippen LogP contribution in [0.2, 0.25) is 0 Å². The van der Waals surface area contributed by atoms with Crippen LogP contribution in [0.15, 0.2) is 36.4 Å². The van der Waals surface area contributed by atoms with Crippen LogP contribution >= 0.6 is 0 Å². The molecular weight excluding hydrogens is 279 g/mol. The fourth-order valence-electron chi connectivity index (χ4n) is 2.57. The van der Waals surface area contributed by atoms with Crippen LogP contribution in [0.5, 0.6) is 11.5 Å². The second-order valence-electron chi connectivity index (χ2n) is 4.62. The first kappa shape index (κ1) is 15.7. The Balaban J connectivity index is 0.00000147. The van der Waals surface area contributed by atoms with E-state index in [0.717, 1.165) is 22.4 Å². The van der Waals surface area contributed by atoms with E-state index in [-0.39, 0.29) is 51.4 Å². The number of carboxylic acids is 1. The molecule has 1 radical (unpaired) electrons. The molecule has 20 heavy (non-hydrogen) atoms. The molecule has 1 aliphatic heterocycles. The molecule has 0 saturated heterocycles. The van der Waals surface area contributed by atoms with Crippen molar-refractivity contribution in [1.29, 1.82) is 0 Å². The zero-order valence-electron chi connectivity index (χ0n) is 11.6. The third kappa shape index (κ3) is 2.71. The largest absolute Gasteiger partial charge is 0.478 e. The number of benzene rings is 2. The molecule has 1 heterocycles. The Hall–Kier alpha value is -0.654. The van der Waals surface area contributed by atoms with Gasteiger partial charge in [-0.2, -0.15) is 0 Å². The van der Waals surface area contributed by atoms with E-state index in [1.807, 2.05) is 43.3 Å². The minimum absolute atomic E-state index is 0. The predicted octanol–water partition coefficient (Wildman–Crippen LogP) is 3.26. The van der Waals surface area contributed by atoms with Gasteiger partial charge in [0.1, 0.15) is 11.5 Å². The summed E-state index contributed by atoms with van der Waals surface area (Å²) in [4.78, 5) is 11.5. The SMILES string of the molecule is CCc1ccc2c(c1C(=O)O)Cc1ccccc1O2.[K]. The molecule has 0 saturated carbocycles. The third-order valence-corrected chi connectivity index (χ3v) is 3.51. The summed E-state index contributed by atoms with van der Waals surface area (Å²) in [6.45, 7) is 1.96. The number of carbonyl (C=O) groups is 1. The van der Waals surface area contributed by atoms with Gasteiger partial charge in [0.05, 0.1) is 5.56 Å². The van der Waals surface area contributed by atoms with E-state index >= 15 is 0 Å². The van der Waals surface area contributed by atoms with Gasteiger partial charge in [-0.25, -0.2) is 4.79 Å². The Morgan fingerprint density at radius 3 is 2.65 bits per heavy atom. The number of ether oxygens (including phenoxy) is 1. The normalized spacial score (nSPS) is 11.7. The smallest absolute Gasteiger partial charge is 0.336 e. The zero-order valence-corrected chi connectivity index (χ0v) is 14.8. The van der Waals surface area contributed by atoms with Crippen LogP contribution in [0.1, 0.15) is 34.0 Å². The molecule has 1 aliphatic rings. The van der Waals surface area contributed by atoms with Crippen molar-refractivity contribution in [2.75, 3.05) is 0 Å². The van der Waals surface area contributed by atoms with Gasteiger partial charge in [-0.1, -0.05) is 31.2 Å². The zero-order chi connectivity index (χ0) is 13.4. The van der Waals surface area contributed by atoms with Gasteiger partial charge < -0.3 is 9.84 Å². The average molecular weight is 293 g/mol. The van der Waals surface area contributed by atoms with Crippen molar-refractivity contribution in [3.8, 4) is 11.5 Å².